The van der Waals surface area contributed by atoms with Gasteiger partial charge in [-0.1, -0.05) is 66.2 Å². The molecular weight excluding hydrogens is 364 g/mol. The van der Waals surface area contributed by atoms with Crippen molar-refractivity contribution in [3.8, 4) is 6.19 Å². The van der Waals surface area contributed by atoms with Gasteiger partial charge < -0.3 is 10.2 Å². The van der Waals surface area contributed by atoms with Gasteiger partial charge in [-0.05, 0) is 42.5 Å². The first kappa shape index (κ1) is 20.2. The molecule has 0 amide bonds. The van der Waals surface area contributed by atoms with Crippen LogP contribution in [0.15, 0.2) is 71.2 Å². The third kappa shape index (κ3) is 5.72. The van der Waals surface area contributed by atoms with E-state index < -0.39 is 0 Å². The number of likely N-dealkylation sites (tertiary alicyclic amines) is 1. The first-order chi connectivity index (χ1) is 13.8. The molecule has 1 N–H and O–H groups in total. The van der Waals surface area contributed by atoms with Gasteiger partial charge in [0.05, 0.1) is 0 Å². The molecule has 0 aliphatic carbocycles. The molecule has 0 radical (unpaired) electrons. The average molecular weight is 391 g/mol. The Morgan fingerprint density at radius 2 is 1.57 bits per heavy atom. The van der Waals surface area contributed by atoms with Gasteiger partial charge in [-0.2, -0.15) is 5.26 Å². The second-order valence-corrected chi connectivity index (χ2v) is 7.29. The number of amidine groups is 1. The number of benzene rings is 2. The SMILES string of the molecule is N#CN=C(S)NCCCN1CCC(=C(c2ccccc2)c2ccccc2)CC1. The molecule has 0 unspecified atom stereocenters. The molecule has 1 saturated heterocycles. The average Bonchev–Trinajstić information content (AvgIpc) is 2.74. The lowest BCUT2D eigenvalue weighted by Gasteiger charge is -2.30. The van der Waals surface area contributed by atoms with E-state index in [1.165, 1.54) is 16.7 Å². The van der Waals surface area contributed by atoms with Crippen molar-refractivity contribution in [2.75, 3.05) is 26.2 Å². The highest BCUT2D eigenvalue weighted by Gasteiger charge is 2.18. The Hall–Kier alpha value is -2.55. The van der Waals surface area contributed by atoms with E-state index in [9.17, 15) is 0 Å². The zero-order valence-electron chi connectivity index (χ0n) is 16.0. The van der Waals surface area contributed by atoms with Gasteiger partial charge in [0, 0.05) is 19.6 Å². The van der Waals surface area contributed by atoms with E-state index in [0.717, 1.165) is 45.4 Å². The Kier molecular flexibility index (Phi) is 7.71. The normalized spacial score (nSPS) is 15.1. The number of nitrogens with one attached hydrogen (secondary N) is 1. The van der Waals surface area contributed by atoms with E-state index in [4.69, 9.17) is 5.26 Å². The van der Waals surface area contributed by atoms with Gasteiger partial charge in [-0.15, -0.1) is 17.6 Å². The van der Waals surface area contributed by atoms with E-state index in [0.29, 0.717) is 5.17 Å². The summed E-state index contributed by atoms with van der Waals surface area (Å²) in [6.07, 6.45) is 4.94. The molecule has 1 fully saturated rings. The van der Waals surface area contributed by atoms with E-state index in [1.54, 1.807) is 11.8 Å². The van der Waals surface area contributed by atoms with Crippen LogP contribution in [0.2, 0.25) is 0 Å². The van der Waals surface area contributed by atoms with Gasteiger partial charge in [0.1, 0.15) is 0 Å². The van der Waals surface area contributed by atoms with Crippen LogP contribution in [0.25, 0.3) is 5.57 Å². The Labute approximate surface area is 173 Å². The van der Waals surface area contributed by atoms with Gasteiger partial charge in [-0.3, -0.25) is 0 Å². The van der Waals surface area contributed by atoms with E-state index in [-0.39, 0.29) is 0 Å². The minimum absolute atomic E-state index is 0.390. The highest BCUT2D eigenvalue weighted by atomic mass is 32.1. The van der Waals surface area contributed by atoms with Gasteiger partial charge in [-0.25, -0.2) is 0 Å². The van der Waals surface area contributed by atoms with Crippen LogP contribution in [0.3, 0.4) is 0 Å². The molecule has 0 atom stereocenters. The van der Waals surface area contributed by atoms with Crippen LogP contribution in [0.1, 0.15) is 30.4 Å². The van der Waals surface area contributed by atoms with Crippen molar-refractivity contribution in [1.29, 1.82) is 5.26 Å². The third-order valence-electron chi connectivity index (χ3n) is 5.03. The highest BCUT2D eigenvalue weighted by molar-refractivity contribution is 7.96. The van der Waals surface area contributed by atoms with Crippen LogP contribution >= 0.6 is 12.6 Å². The van der Waals surface area contributed by atoms with Crippen molar-refractivity contribution in [2.45, 2.75) is 19.3 Å². The minimum atomic E-state index is 0.390. The maximum absolute atomic E-state index is 8.49. The number of piperidine rings is 1. The number of thiol groups is 1. The molecule has 5 heteroatoms. The van der Waals surface area contributed by atoms with Crippen LogP contribution in [0.5, 0.6) is 0 Å². The number of nitrogens with zero attached hydrogens (tertiary/aromatic N) is 3. The van der Waals surface area contributed by atoms with Gasteiger partial charge >= 0.3 is 0 Å². The highest BCUT2D eigenvalue weighted by Crippen LogP contribution is 2.32. The fourth-order valence-corrected chi connectivity index (χ4v) is 3.83. The lowest BCUT2D eigenvalue weighted by Crippen LogP contribution is -2.33. The predicted octanol–water partition coefficient (Wildman–Crippen LogP) is 4.33. The largest absolute Gasteiger partial charge is 0.364 e. The molecule has 0 spiro atoms. The fraction of sp³-hybridized carbons (Fsp3) is 0.304. The molecule has 1 aliphatic rings. The number of aliphatic imine (C=N–C) groups is 1. The summed E-state index contributed by atoms with van der Waals surface area (Å²) < 4.78 is 0. The molecule has 2 aromatic carbocycles. The molecule has 28 heavy (non-hydrogen) atoms. The summed E-state index contributed by atoms with van der Waals surface area (Å²) in [6.45, 7) is 3.99. The molecular formula is C23H26N4S. The van der Waals surface area contributed by atoms with Crippen LogP contribution < -0.4 is 5.32 Å². The third-order valence-corrected chi connectivity index (χ3v) is 5.29. The Morgan fingerprint density at radius 3 is 2.11 bits per heavy atom. The zero-order valence-corrected chi connectivity index (χ0v) is 16.9. The molecule has 2 aromatic rings. The van der Waals surface area contributed by atoms with Crippen LogP contribution in [-0.2, 0) is 0 Å². The first-order valence-electron chi connectivity index (χ1n) is 9.73. The summed E-state index contributed by atoms with van der Waals surface area (Å²) in [5.41, 5.74) is 5.55. The maximum Gasteiger partial charge on any atom is 0.208 e. The van der Waals surface area contributed by atoms with Gasteiger partial charge in [0.2, 0.25) is 6.19 Å². The number of hydrogen-bond acceptors (Lipinski definition) is 3. The molecule has 0 saturated carbocycles. The molecule has 0 bridgehead atoms. The van der Waals surface area contributed by atoms with Crippen molar-refractivity contribution >= 4 is 23.4 Å². The van der Waals surface area contributed by atoms with Crippen molar-refractivity contribution in [3.05, 3.63) is 77.4 Å². The second kappa shape index (κ2) is 10.7. The van der Waals surface area contributed by atoms with E-state index >= 15 is 0 Å². The summed E-state index contributed by atoms with van der Waals surface area (Å²) in [4.78, 5) is 6.06. The standard InChI is InChI=1S/C23H26N4S/c24-18-26-23(28)25-14-7-15-27-16-12-21(13-17-27)22(19-8-3-1-4-9-19)20-10-5-2-6-11-20/h1-6,8-11H,7,12-17H2,(H2,25,26,28). The van der Waals surface area contributed by atoms with Gasteiger partial charge in [0.25, 0.3) is 0 Å². The Morgan fingerprint density at radius 1 is 1.00 bits per heavy atom. The minimum Gasteiger partial charge on any atom is -0.364 e. The van der Waals surface area contributed by atoms with Crippen molar-refractivity contribution in [2.24, 2.45) is 4.99 Å². The molecule has 1 aliphatic heterocycles. The summed E-state index contributed by atoms with van der Waals surface area (Å²) in [7, 11) is 0. The quantitative estimate of drug-likeness (QED) is 0.254. The summed E-state index contributed by atoms with van der Waals surface area (Å²) in [6, 6.07) is 21.5. The monoisotopic (exact) mass is 390 g/mol. The summed E-state index contributed by atoms with van der Waals surface area (Å²) in [5.74, 6) is 0. The van der Waals surface area contributed by atoms with Crippen molar-refractivity contribution < 1.29 is 0 Å². The topological polar surface area (TPSA) is 51.4 Å². The van der Waals surface area contributed by atoms with Crippen molar-refractivity contribution in [3.63, 3.8) is 0 Å². The van der Waals surface area contributed by atoms with E-state index in [1.807, 2.05) is 0 Å². The molecule has 4 nitrogen and oxygen atoms in total. The summed E-state index contributed by atoms with van der Waals surface area (Å²) in [5, 5.41) is 11.9. The Balaban J connectivity index is 1.63. The maximum atomic E-state index is 8.49. The predicted molar refractivity (Wildman–Crippen MR) is 119 cm³/mol. The molecule has 144 valence electrons. The van der Waals surface area contributed by atoms with Crippen LogP contribution in [0.4, 0.5) is 0 Å². The molecule has 1 heterocycles. The lowest BCUT2D eigenvalue weighted by molar-refractivity contribution is 0.254. The summed E-state index contributed by atoms with van der Waals surface area (Å²) >= 11 is 4.11. The van der Waals surface area contributed by atoms with Crippen LogP contribution in [-0.4, -0.2) is 36.2 Å². The number of hydrogen-bond donors (Lipinski definition) is 2. The Bertz CT molecular complexity index is 802. The van der Waals surface area contributed by atoms with Crippen molar-refractivity contribution in [1.82, 2.24) is 10.2 Å². The zero-order chi connectivity index (χ0) is 19.6. The number of rotatable bonds is 6. The molecule has 3 rings (SSSR count). The number of nitriles is 1. The molecule has 0 aromatic heterocycles. The smallest absolute Gasteiger partial charge is 0.208 e. The van der Waals surface area contributed by atoms with E-state index in [2.05, 4.69) is 88.5 Å². The fourth-order valence-electron chi connectivity index (χ4n) is 3.67. The second-order valence-electron chi connectivity index (χ2n) is 6.87. The van der Waals surface area contributed by atoms with Gasteiger partial charge in [0.15, 0.2) is 5.17 Å². The first-order valence-corrected chi connectivity index (χ1v) is 10.2. The lowest BCUT2D eigenvalue weighted by atomic mass is 9.88. The van der Waals surface area contributed by atoms with Crippen LogP contribution in [0, 0.1) is 11.5 Å².